The standard InChI is InChI=1S/C16H27N3O2S/c1-12-5-7-18(8-6-12)15(20)11-22-16-17-13(2)14(3)19(16)9-10-21-4/h12H,5-11H2,1-4H3. The highest BCUT2D eigenvalue weighted by Gasteiger charge is 2.21. The van der Waals surface area contributed by atoms with E-state index in [0.29, 0.717) is 12.4 Å². The van der Waals surface area contributed by atoms with Crippen LogP contribution in [0.4, 0.5) is 0 Å². The third-order valence-electron chi connectivity index (χ3n) is 4.40. The number of hydrogen-bond acceptors (Lipinski definition) is 4. The zero-order chi connectivity index (χ0) is 16.1. The summed E-state index contributed by atoms with van der Waals surface area (Å²) in [5.74, 6) is 1.44. The number of thioether (sulfide) groups is 1. The molecule has 0 unspecified atom stereocenters. The molecule has 1 saturated heterocycles. The Hall–Kier alpha value is -1.01. The van der Waals surface area contributed by atoms with Gasteiger partial charge < -0.3 is 14.2 Å². The molecule has 1 aliphatic heterocycles. The molecule has 2 rings (SSSR count). The van der Waals surface area contributed by atoms with E-state index in [1.165, 1.54) is 0 Å². The number of rotatable bonds is 6. The van der Waals surface area contributed by atoms with Crippen molar-refractivity contribution in [3.63, 3.8) is 0 Å². The predicted octanol–water partition coefficient (Wildman–Crippen LogP) is 2.50. The fraction of sp³-hybridized carbons (Fsp3) is 0.750. The fourth-order valence-electron chi connectivity index (χ4n) is 2.66. The quantitative estimate of drug-likeness (QED) is 0.754. The molecule has 0 saturated carbocycles. The predicted molar refractivity (Wildman–Crippen MR) is 89.3 cm³/mol. The smallest absolute Gasteiger partial charge is 0.233 e. The van der Waals surface area contributed by atoms with Gasteiger partial charge in [0.2, 0.25) is 5.91 Å². The van der Waals surface area contributed by atoms with E-state index < -0.39 is 0 Å². The third kappa shape index (κ3) is 4.26. The van der Waals surface area contributed by atoms with E-state index in [1.54, 1.807) is 18.9 Å². The molecule has 1 amide bonds. The Morgan fingerprint density at radius 3 is 2.68 bits per heavy atom. The van der Waals surface area contributed by atoms with Crippen LogP contribution in [0.5, 0.6) is 0 Å². The summed E-state index contributed by atoms with van der Waals surface area (Å²) in [7, 11) is 1.70. The summed E-state index contributed by atoms with van der Waals surface area (Å²) in [4.78, 5) is 18.9. The van der Waals surface area contributed by atoms with Crippen LogP contribution in [0, 0.1) is 19.8 Å². The second-order valence-electron chi connectivity index (χ2n) is 6.06. The molecular formula is C16H27N3O2S. The second kappa shape index (κ2) is 8.02. The van der Waals surface area contributed by atoms with Gasteiger partial charge in [-0.3, -0.25) is 4.79 Å². The molecule has 1 fully saturated rings. The summed E-state index contributed by atoms with van der Waals surface area (Å²) in [6.45, 7) is 9.57. The van der Waals surface area contributed by atoms with Gasteiger partial charge in [0, 0.05) is 32.4 Å². The van der Waals surface area contributed by atoms with Gasteiger partial charge in [0.25, 0.3) is 0 Å². The lowest BCUT2D eigenvalue weighted by Gasteiger charge is -2.30. The van der Waals surface area contributed by atoms with Crippen LogP contribution in [-0.2, 0) is 16.1 Å². The normalized spacial score (nSPS) is 16.3. The number of likely N-dealkylation sites (tertiary alicyclic amines) is 1. The Labute approximate surface area is 137 Å². The molecule has 0 aromatic carbocycles. The number of methoxy groups -OCH3 is 1. The maximum absolute atomic E-state index is 12.3. The lowest BCUT2D eigenvalue weighted by atomic mass is 9.99. The van der Waals surface area contributed by atoms with Crippen molar-refractivity contribution in [2.24, 2.45) is 5.92 Å². The van der Waals surface area contributed by atoms with Crippen LogP contribution in [0.3, 0.4) is 0 Å². The Bertz CT molecular complexity index is 508. The number of nitrogens with zero attached hydrogens (tertiary/aromatic N) is 3. The minimum absolute atomic E-state index is 0.230. The molecule has 0 bridgehead atoms. The SMILES string of the molecule is COCCn1c(SCC(=O)N2CCC(C)CC2)nc(C)c1C. The Kier molecular flexibility index (Phi) is 6.32. The molecule has 124 valence electrons. The molecule has 0 aliphatic carbocycles. The van der Waals surface area contributed by atoms with Crippen molar-refractivity contribution in [3.05, 3.63) is 11.4 Å². The first-order valence-corrected chi connectivity index (χ1v) is 8.94. The van der Waals surface area contributed by atoms with Crippen LogP contribution in [0.15, 0.2) is 5.16 Å². The molecular weight excluding hydrogens is 298 g/mol. The van der Waals surface area contributed by atoms with E-state index >= 15 is 0 Å². The van der Waals surface area contributed by atoms with Crippen molar-refractivity contribution >= 4 is 17.7 Å². The average Bonchev–Trinajstić information content (AvgIpc) is 2.78. The molecule has 2 heterocycles. The minimum Gasteiger partial charge on any atom is -0.383 e. The molecule has 0 radical (unpaired) electrons. The molecule has 6 heteroatoms. The van der Waals surface area contributed by atoms with Crippen molar-refractivity contribution < 1.29 is 9.53 Å². The summed E-state index contributed by atoms with van der Waals surface area (Å²) in [5.41, 5.74) is 2.18. The van der Waals surface area contributed by atoms with E-state index in [1.807, 2.05) is 11.8 Å². The number of aromatic nitrogens is 2. The number of imidazole rings is 1. The summed E-state index contributed by atoms with van der Waals surface area (Å²) in [6, 6.07) is 0. The lowest BCUT2D eigenvalue weighted by molar-refractivity contribution is -0.129. The largest absolute Gasteiger partial charge is 0.383 e. The minimum atomic E-state index is 0.230. The summed E-state index contributed by atoms with van der Waals surface area (Å²) < 4.78 is 7.31. The number of piperidine rings is 1. The van der Waals surface area contributed by atoms with Gasteiger partial charge in [-0.2, -0.15) is 0 Å². The van der Waals surface area contributed by atoms with E-state index in [0.717, 1.165) is 54.9 Å². The third-order valence-corrected chi connectivity index (χ3v) is 5.36. The summed E-state index contributed by atoms with van der Waals surface area (Å²) in [6.07, 6.45) is 2.24. The van der Waals surface area contributed by atoms with E-state index in [2.05, 4.69) is 23.4 Å². The van der Waals surface area contributed by atoms with Crippen LogP contribution in [0.1, 0.15) is 31.2 Å². The Morgan fingerprint density at radius 2 is 2.05 bits per heavy atom. The summed E-state index contributed by atoms with van der Waals surface area (Å²) >= 11 is 1.54. The van der Waals surface area contributed by atoms with Crippen LogP contribution in [0.25, 0.3) is 0 Å². The molecule has 0 atom stereocenters. The van der Waals surface area contributed by atoms with Crippen molar-refractivity contribution in [3.8, 4) is 0 Å². The maximum atomic E-state index is 12.3. The maximum Gasteiger partial charge on any atom is 0.233 e. The van der Waals surface area contributed by atoms with E-state index in [4.69, 9.17) is 4.74 Å². The Balaban J connectivity index is 1.93. The molecule has 5 nitrogen and oxygen atoms in total. The van der Waals surface area contributed by atoms with E-state index in [9.17, 15) is 4.79 Å². The average molecular weight is 325 g/mol. The van der Waals surface area contributed by atoms with Crippen LogP contribution in [-0.4, -0.2) is 52.9 Å². The first-order chi connectivity index (χ1) is 10.5. The lowest BCUT2D eigenvalue weighted by Crippen LogP contribution is -2.38. The van der Waals surface area contributed by atoms with Crippen LogP contribution in [0.2, 0.25) is 0 Å². The van der Waals surface area contributed by atoms with Gasteiger partial charge >= 0.3 is 0 Å². The highest BCUT2D eigenvalue weighted by Crippen LogP contribution is 2.23. The number of aryl methyl sites for hydroxylation is 1. The highest BCUT2D eigenvalue weighted by molar-refractivity contribution is 7.99. The van der Waals surface area contributed by atoms with E-state index in [-0.39, 0.29) is 5.91 Å². The molecule has 0 spiro atoms. The Morgan fingerprint density at radius 1 is 1.36 bits per heavy atom. The van der Waals surface area contributed by atoms with Crippen molar-refractivity contribution in [2.45, 2.75) is 45.3 Å². The highest BCUT2D eigenvalue weighted by atomic mass is 32.2. The number of carbonyl (C=O) groups is 1. The number of amides is 1. The van der Waals surface area contributed by atoms with Gasteiger partial charge in [0.15, 0.2) is 5.16 Å². The molecule has 22 heavy (non-hydrogen) atoms. The monoisotopic (exact) mass is 325 g/mol. The van der Waals surface area contributed by atoms with Crippen LogP contribution < -0.4 is 0 Å². The molecule has 0 N–H and O–H groups in total. The first-order valence-electron chi connectivity index (χ1n) is 7.96. The second-order valence-corrected chi connectivity index (χ2v) is 7.00. The number of ether oxygens (including phenoxy) is 1. The van der Waals surface area contributed by atoms with Gasteiger partial charge in [-0.1, -0.05) is 18.7 Å². The number of hydrogen-bond donors (Lipinski definition) is 0. The van der Waals surface area contributed by atoms with Crippen molar-refractivity contribution in [1.82, 2.24) is 14.5 Å². The zero-order valence-corrected chi connectivity index (χ0v) is 14.9. The molecule has 1 aromatic rings. The molecule has 1 aromatic heterocycles. The molecule has 1 aliphatic rings. The van der Waals surface area contributed by atoms with Gasteiger partial charge in [0.1, 0.15) is 0 Å². The van der Waals surface area contributed by atoms with Gasteiger partial charge in [-0.25, -0.2) is 4.98 Å². The fourth-order valence-corrected chi connectivity index (χ4v) is 3.68. The van der Waals surface area contributed by atoms with Gasteiger partial charge in [0.05, 0.1) is 18.1 Å². The van der Waals surface area contributed by atoms with Crippen molar-refractivity contribution in [1.29, 1.82) is 0 Å². The topological polar surface area (TPSA) is 47.4 Å². The van der Waals surface area contributed by atoms with Gasteiger partial charge in [-0.15, -0.1) is 0 Å². The van der Waals surface area contributed by atoms with Gasteiger partial charge in [-0.05, 0) is 32.6 Å². The number of carbonyl (C=O) groups excluding carboxylic acids is 1. The van der Waals surface area contributed by atoms with Crippen molar-refractivity contribution in [2.75, 3.05) is 32.6 Å². The van der Waals surface area contributed by atoms with Crippen LogP contribution >= 0.6 is 11.8 Å². The first kappa shape index (κ1) is 17.3. The summed E-state index contributed by atoms with van der Waals surface area (Å²) in [5, 5.41) is 0.922. The zero-order valence-electron chi connectivity index (χ0n) is 14.1.